The van der Waals surface area contributed by atoms with Crippen LogP contribution in [0.3, 0.4) is 0 Å². The molecule has 0 spiro atoms. The van der Waals surface area contributed by atoms with E-state index in [4.69, 9.17) is 10.3 Å². The second kappa shape index (κ2) is 6.37. The molecule has 0 saturated heterocycles. The van der Waals surface area contributed by atoms with Gasteiger partial charge in [-0.2, -0.15) is 10.1 Å². The Kier molecular flexibility index (Phi) is 4.07. The molecule has 24 heavy (non-hydrogen) atoms. The number of thioether (sulfide) groups is 1. The van der Waals surface area contributed by atoms with Crippen molar-refractivity contribution in [1.29, 1.82) is 0 Å². The quantitative estimate of drug-likeness (QED) is 0.687. The number of H-pyrrole nitrogens is 1. The van der Waals surface area contributed by atoms with Crippen molar-refractivity contribution in [3.63, 3.8) is 0 Å². The summed E-state index contributed by atoms with van der Waals surface area (Å²) in [5.74, 6) is 1.97. The highest BCUT2D eigenvalue weighted by Crippen LogP contribution is 2.35. The monoisotopic (exact) mass is 342 g/mol. The summed E-state index contributed by atoms with van der Waals surface area (Å²) in [6.07, 6.45) is 5.59. The third-order valence-electron chi connectivity index (χ3n) is 4.34. The van der Waals surface area contributed by atoms with Crippen LogP contribution >= 0.6 is 11.8 Å². The molecule has 1 fully saturated rings. The molecule has 0 amide bonds. The molecule has 0 unspecified atom stereocenters. The Bertz CT molecular complexity index is 792. The minimum Gasteiger partial charge on any atom is -0.334 e. The Hall–Kier alpha value is -2.19. The van der Waals surface area contributed by atoms with Crippen LogP contribution in [0.25, 0.3) is 11.5 Å². The maximum Gasteiger partial charge on any atom is 0.257 e. The first kappa shape index (κ1) is 15.3. The average Bonchev–Trinajstić information content (AvgIpc) is 3.35. The van der Waals surface area contributed by atoms with Gasteiger partial charge in [0.15, 0.2) is 11.0 Å². The van der Waals surface area contributed by atoms with Crippen molar-refractivity contribution < 1.29 is 4.52 Å². The van der Waals surface area contributed by atoms with Gasteiger partial charge in [-0.3, -0.25) is 5.10 Å². The van der Waals surface area contributed by atoms with E-state index < -0.39 is 5.54 Å². The number of rotatable bonds is 5. The molecule has 1 aromatic carbocycles. The molecule has 3 aromatic rings. The van der Waals surface area contributed by atoms with Crippen molar-refractivity contribution in [3.05, 3.63) is 42.0 Å². The predicted octanol–water partition coefficient (Wildman–Crippen LogP) is 2.88. The molecule has 8 heteroatoms. The Morgan fingerprint density at radius 3 is 2.71 bits per heavy atom. The molecular formula is C16H18N6OS. The van der Waals surface area contributed by atoms with Crippen molar-refractivity contribution in [1.82, 2.24) is 25.3 Å². The largest absolute Gasteiger partial charge is 0.334 e. The maximum absolute atomic E-state index is 6.38. The number of nitrogens with zero attached hydrogens (tertiary/aromatic N) is 4. The molecule has 2 heterocycles. The number of hydrogen-bond acceptors (Lipinski definition) is 7. The molecule has 2 aromatic heterocycles. The summed E-state index contributed by atoms with van der Waals surface area (Å²) in [6.45, 7) is 0. The van der Waals surface area contributed by atoms with E-state index in [9.17, 15) is 0 Å². The number of aromatic nitrogens is 5. The van der Waals surface area contributed by atoms with E-state index in [2.05, 4.69) is 37.5 Å². The summed E-state index contributed by atoms with van der Waals surface area (Å²) < 4.78 is 5.42. The van der Waals surface area contributed by atoms with E-state index in [0.29, 0.717) is 11.7 Å². The zero-order chi connectivity index (χ0) is 16.4. The van der Waals surface area contributed by atoms with Crippen molar-refractivity contribution in [3.8, 4) is 11.5 Å². The van der Waals surface area contributed by atoms with E-state index in [1.165, 1.54) is 11.9 Å². The van der Waals surface area contributed by atoms with Gasteiger partial charge >= 0.3 is 0 Å². The molecule has 124 valence electrons. The lowest BCUT2D eigenvalue weighted by Gasteiger charge is -2.17. The van der Waals surface area contributed by atoms with Gasteiger partial charge in [0.1, 0.15) is 6.33 Å². The van der Waals surface area contributed by atoms with Crippen LogP contribution in [-0.4, -0.2) is 25.3 Å². The number of hydrogen-bond donors (Lipinski definition) is 2. The van der Waals surface area contributed by atoms with Crippen molar-refractivity contribution in [2.45, 2.75) is 42.1 Å². The first-order valence-electron chi connectivity index (χ1n) is 7.93. The van der Waals surface area contributed by atoms with Crippen LogP contribution in [0.5, 0.6) is 0 Å². The maximum atomic E-state index is 6.38. The van der Waals surface area contributed by atoms with Gasteiger partial charge in [0.05, 0.1) is 5.54 Å². The number of nitrogens with two attached hydrogens (primary N) is 1. The number of benzene rings is 1. The minimum atomic E-state index is -0.421. The highest BCUT2D eigenvalue weighted by atomic mass is 32.2. The van der Waals surface area contributed by atoms with Crippen LogP contribution in [0.15, 0.2) is 40.3 Å². The molecule has 0 bridgehead atoms. The lowest BCUT2D eigenvalue weighted by Crippen LogP contribution is -2.34. The molecule has 4 rings (SSSR count). The normalized spacial score (nSPS) is 16.5. The lowest BCUT2D eigenvalue weighted by molar-refractivity contribution is 0.372. The summed E-state index contributed by atoms with van der Waals surface area (Å²) in [7, 11) is 0. The Balaban J connectivity index is 1.46. The zero-order valence-corrected chi connectivity index (χ0v) is 13.9. The van der Waals surface area contributed by atoms with Crippen LogP contribution in [-0.2, 0) is 11.3 Å². The first-order chi connectivity index (χ1) is 11.7. The summed E-state index contributed by atoms with van der Waals surface area (Å²) >= 11 is 1.61. The van der Waals surface area contributed by atoms with Gasteiger partial charge in [-0.15, -0.1) is 0 Å². The van der Waals surface area contributed by atoms with E-state index in [0.717, 1.165) is 42.2 Å². The Morgan fingerprint density at radius 1 is 1.21 bits per heavy atom. The fourth-order valence-corrected chi connectivity index (χ4v) is 3.67. The molecule has 1 aliphatic carbocycles. The summed E-state index contributed by atoms with van der Waals surface area (Å²) in [5, 5.41) is 11.6. The SMILES string of the molecule is NC1(c2noc(-c3ccc(CSc4ncn[nH]4)cc3)n2)CCCC1. The van der Waals surface area contributed by atoms with E-state index in [1.807, 2.05) is 12.1 Å². The fourth-order valence-electron chi connectivity index (χ4n) is 2.93. The summed E-state index contributed by atoms with van der Waals surface area (Å²) in [6, 6.07) is 8.09. The molecular weight excluding hydrogens is 324 g/mol. The van der Waals surface area contributed by atoms with Gasteiger partial charge < -0.3 is 10.3 Å². The van der Waals surface area contributed by atoms with Crippen LogP contribution in [0, 0.1) is 0 Å². The van der Waals surface area contributed by atoms with E-state index in [1.54, 1.807) is 11.8 Å². The van der Waals surface area contributed by atoms with Gasteiger partial charge in [-0.05, 0) is 30.5 Å². The molecule has 7 nitrogen and oxygen atoms in total. The summed E-state index contributed by atoms with van der Waals surface area (Å²) in [4.78, 5) is 8.61. The molecule has 0 atom stereocenters. The van der Waals surface area contributed by atoms with Crippen LogP contribution in [0.4, 0.5) is 0 Å². The highest BCUT2D eigenvalue weighted by Gasteiger charge is 2.36. The molecule has 0 aliphatic heterocycles. The van der Waals surface area contributed by atoms with Gasteiger partial charge in [0.25, 0.3) is 5.89 Å². The van der Waals surface area contributed by atoms with Gasteiger partial charge in [0, 0.05) is 11.3 Å². The smallest absolute Gasteiger partial charge is 0.257 e. The number of nitrogens with one attached hydrogen (secondary N) is 1. The van der Waals surface area contributed by atoms with E-state index in [-0.39, 0.29) is 0 Å². The second-order valence-corrected chi connectivity index (χ2v) is 7.03. The average molecular weight is 342 g/mol. The van der Waals surface area contributed by atoms with Crippen LogP contribution in [0.1, 0.15) is 37.1 Å². The van der Waals surface area contributed by atoms with Gasteiger partial charge in [-0.1, -0.05) is 41.9 Å². The topological polar surface area (TPSA) is 107 Å². The Labute approximate surface area is 143 Å². The third kappa shape index (κ3) is 3.07. The van der Waals surface area contributed by atoms with Gasteiger partial charge in [0.2, 0.25) is 0 Å². The predicted molar refractivity (Wildman–Crippen MR) is 90.0 cm³/mol. The van der Waals surface area contributed by atoms with Crippen LogP contribution in [0.2, 0.25) is 0 Å². The van der Waals surface area contributed by atoms with Crippen molar-refractivity contribution in [2.75, 3.05) is 0 Å². The fraction of sp³-hybridized carbons (Fsp3) is 0.375. The van der Waals surface area contributed by atoms with Crippen molar-refractivity contribution >= 4 is 11.8 Å². The lowest BCUT2D eigenvalue weighted by atomic mass is 9.99. The molecule has 3 N–H and O–H groups in total. The molecule has 0 radical (unpaired) electrons. The van der Waals surface area contributed by atoms with Crippen molar-refractivity contribution in [2.24, 2.45) is 5.73 Å². The minimum absolute atomic E-state index is 0.421. The molecule has 1 aliphatic rings. The van der Waals surface area contributed by atoms with Crippen LogP contribution < -0.4 is 5.73 Å². The number of aromatic amines is 1. The van der Waals surface area contributed by atoms with E-state index >= 15 is 0 Å². The Morgan fingerprint density at radius 2 is 2.00 bits per heavy atom. The second-order valence-electron chi connectivity index (χ2n) is 6.06. The first-order valence-corrected chi connectivity index (χ1v) is 8.92. The third-order valence-corrected chi connectivity index (χ3v) is 5.28. The zero-order valence-electron chi connectivity index (χ0n) is 13.1. The highest BCUT2D eigenvalue weighted by molar-refractivity contribution is 7.98. The van der Waals surface area contributed by atoms with Gasteiger partial charge in [-0.25, -0.2) is 4.98 Å². The molecule has 1 saturated carbocycles. The summed E-state index contributed by atoms with van der Waals surface area (Å²) in [5.41, 5.74) is 8.05. The standard InChI is InChI=1S/C16H18N6OS/c17-16(7-1-2-8-16)14-20-13(23-22-14)12-5-3-11(4-6-12)9-24-15-18-10-19-21-15/h3-6,10H,1-2,7-9,17H2,(H,18,19,21).